The van der Waals surface area contributed by atoms with Gasteiger partial charge in [-0.15, -0.1) is 0 Å². The lowest BCUT2D eigenvalue weighted by atomic mass is 10.0. The maximum absolute atomic E-state index is 13.1. The highest BCUT2D eigenvalue weighted by Gasteiger charge is 2.23. The van der Waals surface area contributed by atoms with Gasteiger partial charge in [0.15, 0.2) is 0 Å². The molecule has 8 heteroatoms. The molecule has 0 aromatic heterocycles. The molecule has 1 aromatic rings. The number of carbonyl (C=O) groups is 3. The molecule has 7 nitrogen and oxygen atoms in total. The summed E-state index contributed by atoms with van der Waals surface area (Å²) < 4.78 is 17.8. The predicted molar refractivity (Wildman–Crippen MR) is 95.9 cm³/mol. The molecule has 0 fully saturated rings. The number of rotatable bonds is 9. The number of benzene rings is 1. The summed E-state index contributed by atoms with van der Waals surface area (Å²) >= 11 is 0. The Hall–Kier alpha value is -2.48. The fourth-order valence-corrected chi connectivity index (χ4v) is 2.38. The molecule has 0 aliphatic rings. The number of carbonyl (C=O) groups excluding carboxylic acids is 3. The van der Waals surface area contributed by atoms with Gasteiger partial charge in [0.2, 0.25) is 11.8 Å². The number of ether oxygens (including phenoxy) is 1. The van der Waals surface area contributed by atoms with Crippen molar-refractivity contribution in [3.05, 3.63) is 30.1 Å². The van der Waals surface area contributed by atoms with Gasteiger partial charge in [0.1, 0.15) is 11.9 Å². The van der Waals surface area contributed by atoms with Crippen LogP contribution in [0.1, 0.15) is 20.3 Å². The lowest BCUT2D eigenvalue weighted by Gasteiger charge is -2.21. The molecule has 0 radical (unpaired) electrons. The third kappa shape index (κ3) is 8.06. The van der Waals surface area contributed by atoms with Gasteiger partial charge in [0, 0.05) is 5.69 Å². The van der Waals surface area contributed by atoms with E-state index >= 15 is 0 Å². The van der Waals surface area contributed by atoms with Gasteiger partial charge in [-0.3, -0.25) is 14.5 Å². The van der Waals surface area contributed by atoms with Crippen molar-refractivity contribution in [3.8, 4) is 0 Å². The number of hydrogen-bond acceptors (Lipinski definition) is 5. The molecule has 0 heterocycles. The lowest BCUT2D eigenvalue weighted by Crippen LogP contribution is -2.46. The molecule has 1 rings (SSSR count). The van der Waals surface area contributed by atoms with Crippen molar-refractivity contribution in [2.45, 2.75) is 26.3 Å². The summed E-state index contributed by atoms with van der Waals surface area (Å²) in [6, 6.07) is 4.82. The summed E-state index contributed by atoms with van der Waals surface area (Å²) in [5, 5.41) is 5.18. The number of methoxy groups -OCH3 is 1. The van der Waals surface area contributed by atoms with E-state index in [0.717, 1.165) is 0 Å². The van der Waals surface area contributed by atoms with Crippen LogP contribution in [0, 0.1) is 11.7 Å². The number of anilines is 1. The Kier molecular flexibility index (Phi) is 8.71. The van der Waals surface area contributed by atoms with Crippen molar-refractivity contribution in [3.63, 3.8) is 0 Å². The number of nitrogens with zero attached hydrogens (tertiary/aromatic N) is 1. The van der Waals surface area contributed by atoms with Crippen LogP contribution in [0.2, 0.25) is 0 Å². The smallest absolute Gasteiger partial charge is 0.328 e. The number of nitrogens with one attached hydrogen (secondary N) is 2. The molecule has 2 amide bonds. The maximum Gasteiger partial charge on any atom is 0.328 e. The molecule has 0 bridgehead atoms. The number of hydrogen-bond donors (Lipinski definition) is 2. The van der Waals surface area contributed by atoms with E-state index < -0.39 is 17.8 Å². The van der Waals surface area contributed by atoms with Gasteiger partial charge >= 0.3 is 5.97 Å². The molecular formula is C18H26FN3O4. The van der Waals surface area contributed by atoms with E-state index in [2.05, 4.69) is 10.6 Å². The van der Waals surface area contributed by atoms with Gasteiger partial charge in [-0.2, -0.15) is 0 Å². The minimum atomic E-state index is -0.720. The predicted octanol–water partition coefficient (Wildman–Crippen LogP) is 1.40. The molecule has 144 valence electrons. The maximum atomic E-state index is 13.1. The zero-order valence-electron chi connectivity index (χ0n) is 15.5. The Morgan fingerprint density at radius 3 is 2.42 bits per heavy atom. The molecule has 0 aliphatic heterocycles. The first-order valence-corrected chi connectivity index (χ1v) is 8.32. The molecule has 1 aromatic carbocycles. The largest absolute Gasteiger partial charge is 0.467 e. The topological polar surface area (TPSA) is 87.7 Å². The van der Waals surface area contributed by atoms with Crippen molar-refractivity contribution in [1.29, 1.82) is 0 Å². The molecule has 0 aliphatic carbocycles. The highest BCUT2D eigenvalue weighted by atomic mass is 19.1. The fraction of sp³-hybridized carbons (Fsp3) is 0.500. The van der Waals surface area contributed by atoms with Crippen LogP contribution in [-0.4, -0.2) is 56.0 Å². The zero-order chi connectivity index (χ0) is 19.7. The van der Waals surface area contributed by atoms with Crippen molar-refractivity contribution in [2.75, 3.05) is 32.6 Å². The second kappa shape index (κ2) is 10.5. The van der Waals surface area contributed by atoms with Gasteiger partial charge in [0.05, 0.1) is 20.2 Å². The van der Waals surface area contributed by atoms with Crippen LogP contribution < -0.4 is 10.6 Å². The summed E-state index contributed by atoms with van der Waals surface area (Å²) in [4.78, 5) is 37.3. The van der Waals surface area contributed by atoms with Gasteiger partial charge in [-0.1, -0.05) is 19.9 Å². The van der Waals surface area contributed by atoms with Crippen molar-refractivity contribution < 1.29 is 23.5 Å². The van der Waals surface area contributed by atoms with Crippen LogP contribution in [0.3, 0.4) is 0 Å². The number of likely N-dealkylation sites (N-methyl/N-ethyl adjacent to an activating group) is 1. The monoisotopic (exact) mass is 367 g/mol. The number of halogens is 1. The Bertz CT molecular complexity index is 637. The summed E-state index contributed by atoms with van der Waals surface area (Å²) in [5.74, 6) is -1.51. The molecule has 0 unspecified atom stereocenters. The molecule has 0 saturated carbocycles. The minimum absolute atomic E-state index is 0.0585. The van der Waals surface area contributed by atoms with E-state index in [9.17, 15) is 18.8 Å². The van der Waals surface area contributed by atoms with Gasteiger partial charge < -0.3 is 15.4 Å². The molecule has 0 spiro atoms. The second-order valence-corrected chi connectivity index (χ2v) is 6.50. The van der Waals surface area contributed by atoms with Crippen molar-refractivity contribution in [2.24, 2.45) is 5.92 Å². The van der Waals surface area contributed by atoms with Crippen LogP contribution in [0.4, 0.5) is 10.1 Å². The zero-order valence-corrected chi connectivity index (χ0v) is 15.5. The third-order valence-corrected chi connectivity index (χ3v) is 3.46. The van der Waals surface area contributed by atoms with Crippen LogP contribution >= 0.6 is 0 Å². The summed E-state index contributed by atoms with van der Waals surface area (Å²) in [6.45, 7) is 3.75. The average Bonchev–Trinajstić information content (AvgIpc) is 2.52. The van der Waals surface area contributed by atoms with Crippen LogP contribution in [0.5, 0.6) is 0 Å². The summed E-state index contributed by atoms with van der Waals surface area (Å²) in [7, 11) is 2.87. The Morgan fingerprint density at radius 1 is 1.19 bits per heavy atom. The Labute approximate surface area is 152 Å². The molecule has 2 N–H and O–H groups in total. The molecule has 0 saturated heterocycles. The van der Waals surface area contributed by atoms with Crippen molar-refractivity contribution in [1.82, 2.24) is 10.2 Å². The molecule has 26 heavy (non-hydrogen) atoms. The molecular weight excluding hydrogens is 341 g/mol. The number of amides is 2. The van der Waals surface area contributed by atoms with Crippen LogP contribution in [-0.2, 0) is 19.1 Å². The van der Waals surface area contributed by atoms with E-state index in [1.807, 2.05) is 13.8 Å². The highest BCUT2D eigenvalue weighted by Crippen LogP contribution is 2.09. The Morgan fingerprint density at radius 2 is 1.85 bits per heavy atom. The van der Waals surface area contributed by atoms with E-state index in [-0.39, 0.29) is 30.8 Å². The Balaban J connectivity index is 2.49. The first-order valence-electron chi connectivity index (χ1n) is 8.32. The quantitative estimate of drug-likeness (QED) is 0.644. The van der Waals surface area contributed by atoms with Crippen molar-refractivity contribution >= 4 is 23.5 Å². The van der Waals surface area contributed by atoms with Gasteiger partial charge in [-0.05, 0) is 37.6 Å². The minimum Gasteiger partial charge on any atom is -0.467 e. The first kappa shape index (κ1) is 21.6. The SMILES string of the molecule is COC(=O)[C@@H](CC(C)C)NC(=O)CN(C)CC(=O)Nc1cccc(F)c1. The average molecular weight is 367 g/mol. The normalized spacial score (nSPS) is 12.0. The van der Waals surface area contributed by atoms with Gasteiger partial charge in [-0.25, -0.2) is 9.18 Å². The fourth-order valence-electron chi connectivity index (χ4n) is 2.38. The summed E-state index contributed by atoms with van der Waals surface area (Å²) in [6.07, 6.45) is 0.461. The van der Waals surface area contributed by atoms with E-state index in [1.165, 1.54) is 30.2 Å². The van der Waals surface area contributed by atoms with E-state index in [1.54, 1.807) is 13.1 Å². The standard InChI is InChI=1S/C18H26FN3O4/c1-12(2)8-15(18(25)26-4)21-17(24)11-22(3)10-16(23)20-14-7-5-6-13(19)9-14/h5-7,9,12,15H,8,10-11H2,1-4H3,(H,20,23)(H,21,24)/t15-/m1/s1. The molecule has 1 atom stereocenters. The third-order valence-electron chi connectivity index (χ3n) is 3.46. The highest BCUT2D eigenvalue weighted by molar-refractivity contribution is 5.92. The van der Waals surface area contributed by atoms with Crippen LogP contribution in [0.25, 0.3) is 0 Å². The van der Waals surface area contributed by atoms with E-state index in [0.29, 0.717) is 12.1 Å². The summed E-state index contributed by atoms with van der Waals surface area (Å²) in [5.41, 5.74) is 0.343. The lowest BCUT2D eigenvalue weighted by molar-refractivity contribution is -0.145. The van der Waals surface area contributed by atoms with E-state index in [4.69, 9.17) is 4.74 Å². The van der Waals surface area contributed by atoms with Crippen LogP contribution in [0.15, 0.2) is 24.3 Å². The van der Waals surface area contributed by atoms with Gasteiger partial charge in [0.25, 0.3) is 0 Å². The second-order valence-electron chi connectivity index (χ2n) is 6.50. The number of esters is 1. The first-order chi connectivity index (χ1) is 12.2.